The van der Waals surface area contributed by atoms with Crippen LogP contribution in [0.4, 0.5) is 0 Å². The molecule has 7 heteroatoms. The fraction of sp³-hybridized carbons (Fsp3) is 0.769. The van der Waals surface area contributed by atoms with Gasteiger partial charge in [0, 0.05) is 24.9 Å². The Labute approximate surface area is 117 Å². The molecule has 0 unspecified atom stereocenters. The minimum absolute atomic E-state index is 0.0499. The predicted octanol–water partition coefficient (Wildman–Crippen LogP) is -0.557. The van der Waals surface area contributed by atoms with Crippen molar-refractivity contribution in [2.45, 2.75) is 32.8 Å². The van der Waals surface area contributed by atoms with Crippen molar-refractivity contribution >= 4 is 17.8 Å². The van der Waals surface area contributed by atoms with Crippen LogP contribution in [0.15, 0.2) is 0 Å². The van der Waals surface area contributed by atoms with Crippen molar-refractivity contribution in [1.29, 1.82) is 0 Å². The van der Waals surface area contributed by atoms with Crippen LogP contribution in [0.3, 0.4) is 0 Å². The van der Waals surface area contributed by atoms with Crippen molar-refractivity contribution in [1.82, 2.24) is 10.2 Å². The molecule has 0 aromatic heterocycles. The fourth-order valence-electron chi connectivity index (χ4n) is 2.16. The molecule has 1 aliphatic rings. The number of carboxylic acids is 1. The lowest BCUT2D eigenvalue weighted by atomic mass is 9.95. The van der Waals surface area contributed by atoms with Crippen molar-refractivity contribution < 1.29 is 24.6 Å². The van der Waals surface area contributed by atoms with Crippen LogP contribution in [0, 0.1) is 11.8 Å². The third kappa shape index (κ3) is 4.48. The normalized spacial score (nSPS) is 17.9. The van der Waals surface area contributed by atoms with Gasteiger partial charge in [-0.15, -0.1) is 0 Å². The Kier molecular flexibility index (Phi) is 5.94. The monoisotopic (exact) mass is 286 g/mol. The quantitative estimate of drug-likeness (QED) is 0.628. The van der Waals surface area contributed by atoms with E-state index < -0.39 is 12.1 Å². The predicted molar refractivity (Wildman–Crippen MR) is 70.8 cm³/mol. The third-order valence-corrected chi connectivity index (χ3v) is 3.43. The molecule has 1 rings (SSSR count). The van der Waals surface area contributed by atoms with E-state index in [2.05, 4.69) is 5.32 Å². The van der Waals surface area contributed by atoms with Crippen LogP contribution in [-0.2, 0) is 14.4 Å². The maximum absolute atomic E-state index is 11.8. The second kappa shape index (κ2) is 7.23. The second-order valence-electron chi connectivity index (χ2n) is 5.35. The number of rotatable bonds is 5. The molecule has 20 heavy (non-hydrogen) atoms. The summed E-state index contributed by atoms with van der Waals surface area (Å²) in [4.78, 5) is 35.8. The molecule has 3 N–H and O–H groups in total. The van der Waals surface area contributed by atoms with Gasteiger partial charge in [-0.05, 0) is 12.8 Å². The van der Waals surface area contributed by atoms with Crippen LogP contribution in [0.1, 0.15) is 26.7 Å². The lowest BCUT2D eigenvalue weighted by Gasteiger charge is -2.32. The molecule has 0 aromatic rings. The molecule has 1 fully saturated rings. The van der Waals surface area contributed by atoms with Gasteiger partial charge in [-0.2, -0.15) is 0 Å². The minimum atomic E-state index is -1.58. The Morgan fingerprint density at radius 3 is 2.25 bits per heavy atom. The maximum atomic E-state index is 11.8. The first-order valence-corrected chi connectivity index (χ1v) is 6.80. The van der Waals surface area contributed by atoms with Gasteiger partial charge in [-0.25, -0.2) is 4.79 Å². The van der Waals surface area contributed by atoms with Gasteiger partial charge in [0.2, 0.25) is 11.8 Å². The highest BCUT2D eigenvalue weighted by atomic mass is 16.4. The van der Waals surface area contributed by atoms with E-state index in [1.165, 1.54) is 0 Å². The molecule has 0 radical (unpaired) electrons. The standard InChI is InChI=1S/C13H22N2O5/c1-8(2)12(18)15-5-3-9(4-6-15)11(17)14-7-10(16)13(19)20/h8-10,16H,3-7H2,1-2H3,(H,14,17)(H,19,20)/t10-/m0/s1. The molecular weight excluding hydrogens is 264 g/mol. The number of amides is 2. The van der Waals surface area contributed by atoms with Crippen LogP contribution in [0.2, 0.25) is 0 Å². The Hall–Kier alpha value is -1.63. The molecule has 7 nitrogen and oxygen atoms in total. The summed E-state index contributed by atoms with van der Waals surface area (Å²) in [5, 5.41) is 20.0. The van der Waals surface area contributed by atoms with Gasteiger partial charge in [0.05, 0.1) is 6.54 Å². The van der Waals surface area contributed by atoms with Gasteiger partial charge in [-0.3, -0.25) is 9.59 Å². The summed E-state index contributed by atoms with van der Waals surface area (Å²) in [5.41, 5.74) is 0. The molecule has 0 spiro atoms. The van der Waals surface area contributed by atoms with E-state index in [0.717, 1.165) is 0 Å². The molecule has 114 valence electrons. The van der Waals surface area contributed by atoms with E-state index >= 15 is 0 Å². The lowest BCUT2D eigenvalue weighted by Crippen LogP contribution is -2.46. The van der Waals surface area contributed by atoms with Gasteiger partial charge in [0.1, 0.15) is 0 Å². The molecule has 1 heterocycles. The molecule has 0 saturated carbocycles. The Morgan fingerprint density at radius 1 is 1.25 bits per heavy atom. The number of hydrogen-bond donors (Lipinski definition) is 3. The number of nitrogens with one attached hydrogen (secondary N) is 1. The van der Waals surface area contributed by atoms with Crippen molar-refractivity contribution in [3.05, 3.63) is 0 Å². The average Bonchev–Trinajstić information content (AvgIpc) is 2.43. The summed E-state index contributed by atoms with van der Waals surface area (Å²) in [7, 11) is 0. The Bertz CT molecular complexity index is 375. The summed E-state index contributed by atoms with van der Waals surface area (Å²) in [5.74, 6) is -1.81. The number of aliphatic hydroxyl groups is 1. The van der Waals surface area contributed by atoms with E-state index in [-0.39, 0.29) is 30.2 Å². The zero-order valence-electron chi connectivity index (χ0n) is 11.8. The molecule has 0 bridgehead atoms. The van der Waals surface area contributed by atoms with Crippen LogP contribution < -0.4 is 5.32 Å². The molecule has 1 atom stereocenters. The van der Waals surface area contributed by atoms with E-state index in [9.17, 15) is 14.4 Å². The highest BCUT2D eigenvalue weighted by Gasteiger charge is 2.28. The number of aliphatic hydroxyl groups excluding tert-OH is 1. The Balaban J connectivity index is 2.36. The highest BCUT2D eigenvalue weighted by Crippen LogP contribution is 2.18. The van der Waals surface area contributed by atoms with Gasteiger partial charge in [0.25, 0.3) is 0 Å². The first-order valence-electron chi connectivity index (χ1n) is 6.80. The zero-order chi connectivity index (χ0) is 15.3. The summed E-state index contributed by atoms with van der Waals surface area (Å²) >= 11 is 0. The topological polar surface area (TPSA) is 107 Å². The van der Waals surface area contributed by atoms with Gasteiger partial charge in [-0.1, -0.05) is 13.8 Å². The van der Waals surface area contributed by atoms with E-state index in [4.69, 9.17) is 10.2 Å². The molecule has 0 aromatic carbocycles. The third-order valence-electron chi connectivity index (χ3n) is 3.43. The van der Waals surface area contributed by atoms with E-state index in [1.807, 2.05) is 13.8 Å². The van der Waals surface area contributed by atoms with Gasteiger partial charge >= 0.3 is 5.97 Å². The number of nitrogens with zero attached hydrogens (tertiary/aromatic N) is 1. The number of carboxylic acid groups (broad SMARTS) is 1. The van der Waals surface area contributed by atoms with Crippen LogP contribution >= 0.6 is 0 Å². The summed E-state index contributed by atoms with van der Waals surface area (Å²) < 4.78 is 0. The van der Waals surface area contributed by atoms with Crippen molar-refractivity contribution in [2.75, 3.05) is 19.6 Å². The number of aliphatic carboxylic acids is 1. The van der Waals surface area contributed by atoms with E-state index in [1.54, 1.807) is 4.90 Å². The minimum Gasteiger partial charge on any atom is -0.479 e. The summed E-state index contributed by atoms with van der Waals surface area (Å²) in [6.45, 7) is 4.47. The molecule has 1 saturated heterocycles. The van der Waals surface area contributed by atoms with Crippen molar-refractivity contribution in [3.63, 3.8) is 0 Å². The SMILES string of the molecule is CC(C)C(=O)N1CCC(C(=O)NC[C@H](O)C(=O)O)CC1. The molecule has 0 aliphatic carbocycles. The van der Waals surface area contributed by atoms with Crippen molar-refractivity contribution in [3.8, 4) is 0 Å². The first kappa shape index (κ1) is 16.4. The smallest absolute Gasteiger partial charge is 0.334 e. The number of hydrogen-bond acceptors (Lipinski definition) is 4. The number of carbonyl (C=O) groups is 3. The van der Waals surface area contributed by atoms with E-state index in [0.29, 0.717) is 25.9 Å². The first-order chi connectivity index (χ1) is 9.32. The summed E-state index contributed by atoms with van der Waals surface area (Å²) in [6, 6.07) is 0. The van der Waals surface area contributed by atoms with Crippen LogP contribution in [0.5, 0.6) is 0 Å². The molecule has 2 amide bonds. The number of piperidine rings is 1. The number of likely N-dealkylation sites (tertiary alicyclic amines) is 1. The van der Waals surface area contributed by atoms with Gasteiger partial charge < -0.3 is 20.4 Å². The van der Waals surface area contributed by atoms with Crippen LogP contribution in [-0.4, -0.2) is 58.6 Å². The largest absolute Gasteiger partial charge is 0.479 e. The highest BCUT2D eigenvalue weighted by molar-refractivity contribution is 5.81. The van der Waals surface area contributed by atoms with Gasteiger partial charge in [0.15, 0.2) is 6.10 Å². The zero-order valence-corrected chi connectivity index (χ0v) is 11.8. The maximum Gasteiger partial charge on any atom is 0.334 e. The second-order valence-corrected chi connectivity index (χ2v) is 5.35. The van der Waals surface area contributed by atoms with Crippen molar-refractivity contribution in [2.24, 2.45) is 11.8 Å². The number of carbonyl (C=O) groups excluding carboxylic acids is 2. The van der Waals surface area contributed by atoms with Crippen LogP contribution in [0.25, 0.3) is 0 Å². The Morgan fingerprint density at radius 2 is 1.80 bits per heavy atom. The lowest BCUT2D eigenvalue weighted by molar-refractivity contribution is -0.146. The molecule has 1 aliphatic heterocycles. The average molecular weight is 286 g/mol. The summed E-state index contributed by atoms with van der Waals surface area (Å²) in [6.07, 6.45) is -0.456. The fourth-order valence-corrected chi connectivity index (χ4v) is 2.16. The molecular formula is C13H22N2O5.